The smallest absolute Gasteiger partial charge is 0.155 e. The van der Waals surface area contributed by atoms with Crippen molar-refractivity contribution in [1.29, 1.82) is 0 Å². The SMILES string of the molecule is Cc1ccc2c(c1)nc(C=NO)n2C. The van der Waals surface area contributed by atoms with Crippen LogP contribution in [0.5, 0.6) is 0 Å². The second-order valence-electron chi connectivity index (χ2n) is 3.27. The molecule has 4 nitrogen and oxygen atoms in total. The van der Waals surface area contributed by atoms with E-state index in [4.69, 9.17) is 5.21 Å². The largest absolute Gasteiger partial charge is 0.411 e. The van der Waals surface area contributed by atoms with Crippen molar-refractivity contribution >= 4 is 17.2 Å². The standard InChI is InChI=1S/C10H11N3O/c1-7-3-4-9-8(5-7)12-10(6-11-14)13(9)2/h3-6,14H,1-2H3. The molecular formula is C10H11N3O. The number of aromatic nitrogens is 2. The highest BCUT2D eigenvalue weighted by atomic mass is 16.4. The zero-order valence-electron chi connectivity index (χ0n) is 8.10. The Morgan fingerprint density at radius 2 is 2.29 bits per heavy atom. The molecular weight excluding hydrogens is 178 g/mol. The van der Waals surface area contributed by atoms with Gasteiger partial charge in [0.1, 0.15) is 6.21 Å². The van der Waals surface area contributed by atoms with E-state index >= 15 is 0 Å². The number of hydrogen-bond donors (Lipinski definition) is 1. The van der Waals surface area contributed by atoms with Gasteiger partial charge in [0, 0.05) is 7.05 Å². The summed E-state index contributed by atoms with van der Waals surface area (Å²) in [5, 5.41) is 11.4. The van der Waals surface area contributed by atoms with E-state index in [1.165, 1.54) is 11.8 Å². The lowest BCUT2D eigenvalue weighted by Gasteiger charge is -1.96. The van der Waals surface area contributed by atoms with Crippen LogP contribution in [0.25, 0.3) is 11.0 Å². The van der Waals surface area contributed by atoms with E-state index in [0.29, 0.717) is 5.82 Å². The minimum absolute atomic E-state index is 0.646. The second kappa shape index (κ2) is 3.14. The van der Waals surface area contributed by atoms with Crippen molar-refractivity contribution in [2.45, 2.75) is 6.92 Å². The van der Waals surface area contributed by atoms with Gasteiger partial charge >= 0.3 is 0 Å². The first-order valence-corrected chi connectivity index (χ1v) is 4.33. The van der Waals surface area contributed by atoms with Crippen molar-refractivity contribution in [3.05, 3.63) is 29.6 Å². The molecule has 1 aromatic heterocycles. The van der Waals surface area contributed by atoms with Gasteiger partial charge in [-0.15, -0.1) is 0 Å². The predicted octanol–water partition coefficient (Wildman–Crippen LogP) is 1.69. The van der Waals surface area contributed by atoms with Crippen molar-refractivity contribution in [1.82, 2.24) is 9.55 Å². The van der Waals surface area contributed by atoms with Gasteiger partial charge in [-0.2, -0.15) is 0 Å². The van der Waals surface area contributed by atoms with Crippen LogP contribution in [-0.4, -0.2) is 21.0 Å². The van der Waals surface area contributed by atoms with Gasteiger partial charge < -0.3 is 9.77 Å². The van der Waals surface area contributed by atoms with E-state index in [0.717, 1.165) is 11.0 Å². The summed E-state index contributed by atoms with van der Waals surface area (Å²) in [6.07, 6.45) is 1.33. The van der Waals surface area contributed by atoms with Crippen LogP contribution in [-0.2, 0) is 7.05 Å². The summed E-state index contributed by atoms with van der Waals surface area (Å²) in [4.78, 5) is 4.32. The van der Waals surface area contributed by atoms with Crippen LogP contribution < -0.4 is 0 Å². The third-order valence-corrected chi connectivity index (χ3v) is 2.24. The Hall–Kier alpha value is -1.84. The molecule has 0 aliphatic heterocycles. The molecule has 0 radical (unpaired) electrons. The van der Waals surface area contributed by atoms with E-state index in [1.807, 2.05) is 36.7 Å². The number of aryl methyl sites for hydroxylation is 2. The molecule has 14 heavy (non-hydrogen) atoms. The lowest BCUT2D eigenvalue weighted by Crippen LogP contribution is -1.95. The molecule has 0 spiro atoms. The highest BCUT2D eigenvalue weighted by Crippen LogP contribution is 2.15. The van der Waals surface area contributed by atoms with Gasteiger partial charge in [0.15, 0.2) is 5.82 Å². The van der Waals surface area contributed by atoms with E-state index in [9.17, 15) is 0 Å². The Bertz CT molecular complexity index is 499. The monoisotopic (exact) mass is 189 g/mol. The van der Waals surface area contributed by atoms with E-state index < -0.39 is 0 Å². The number of rotatable bonds is 1. The van der Waals surface area contributed by atoms with Gasteiger partial charge in [-0.05, 0) is 24.6 Å². The molecule has 2 aromatic rings. The number of oxime groups is 1. The molecule has 72 valence electrons. The van der Waals surface area contributed by atoms with Crippen molar-refractivity contribution in [2.24, 2.45) is 12.2 Å². The van der Waals surface area contributed by atoms with Gasteiger partial charge in [0.2, 0.25) is 0 Å². The van der Waals surface area contributed by atoms with Crippen LogP contribution >= 0.6 is 0 Å². The molecule has 0 saturated heterocycles. The first kappa shape index (κ1) is 8.74. The fourth-order valence-corrected chi connectivity index (χ4v) is 1.50. The summed E-state index contributed by atoms with van der Waals surface area (Å²) < 4.78 is 1.88. The highest BCUT2D eigenvalue weighted by molar-refractivity contribution is 5.85. The van der Waals surface area contributed by atoms with Crippen LogP contribution in [0.15, 0.2) is 23.4 Å². The van der Waals surface area contributed by atoms with Crippen LogP contribution in [0.1, 0.15) is 11.4 Å². The molecule has 0 aliphatic carbocycles. The highest BCUT2D eigenvalue weighted by Gasteiger charge is 2.04. The van der Waals surface area contributed by atoms with Crippen molar-refractivity contribution in [2.75, 3.05) is 0 Å². The normalized spacial score (nSPS) is 11.6. The molecule has 1 N–H and O–H groups in total. The van der Waals surface area contributed by atoms with Crippen LogP contribution in [0.4, 0.5) is 0 Å². The maximum atomic E-state index is 8.44. The second-order valence-corrected chi connectivity index (χ2v) is 3.27. The maximum Gasteiger partial charge on any atom is 0.155 e. The molecule has 1 heterocycles. The van der Waals surface area contributed by atoms with Crippen LogP contribution in [0.3, 0.4) is 0 Å². The summed E-state index contributed by atoms with van der Waals surface area (Å²) in [6, 6.07) is 6.04. The van der Waals surface area contributed by atoms with Gasteiger partial charge in [-0.3, -0.25) is 0 Å². The van der Waals surface area contributed by atoms with Crippen molar-refractivity contribution < 1.29 is 5.21 Å². The van der Waals surface area contributed by atoms with Crippen molar-refractivity contribution in [3.63, 3.8) is 0 Å². The van der Waals surface area contributed by atoms with E-state index in [-0.39, 0.29) is 0 Å². The Labute approximate surface area is 81.5 Å². The van der Waals surface area contributed by atoms with Gasteiger partial charge in [0.05, 0.1) is 11.0 Å². The van der Waals surface area contributed by atoms with E-state index in [2.05, 4.69) is 10.1 Å². The maximum absolute atomic E-state index is 8.44. The summed E-state index contributed by atoms with van der Waals surface area (Å²) in [7, 11) is 1.89. The molecule has 1 aromatic carbocycles. The molecule has 0 fully saturated rings. The fourth-order valence-electron chi connectivity index (χ4n) is 1.50. The Morgan fingerprint density at radius 1 is 1.50 bits per heavy atom. The molecule has 0 bridgehead atoms. The van der Waals surface area contributed by atoms with Gasteiger partial charge in [-0.25, -0.2) is 4.98 Å². The Kier molecular flexibility index (Phi) is 1.96. The van der Waals surface area contributed by atoms with Gasteiger partial charge in [-0.1, -0.05) is 11.2 Å². The molecule has 0 unspecified atom stereocenters. The fraction of sp³-hybridized carbons (Fsp3) is 0.200. The quantitative estimate of drug-likeness (QED) is 0.421. The Balaban J connectivity index is 2.73. The molecule has 4 heteroatoms. The first-order valence-electron chi connectivity index (χ1n) is 4.33. The summed E-state index contributed by atoms with van der Waals surface area (Å²) in [6.45, 7) is 2.02. The topological polar surface area (TPSA) is 50.4 Å². The number of benzene rings is 1. The lowest BCUT2D eigenvalue weighted by atomic mass is 10.2. The molecule has 0 amide bonds. The number of fused-ring (bicyclic) bond motifs is 1. The van der Waals surface area contributed by atoms with Crippen LogP contribution in [0, 0.1) is 6.92 Å². The Morgan fingerprint density at radius 3 is 3.00 bits per heavy atom. The summed E-state index contributed by atoms with van der Waals surface area (Å²) in [5.41, 5.74) is 3.12. The van der Waals surface area contributed by atoms with Gasteiger partial charge in [0.25, 0.3) is 0 Å². The van der Waals surface area contributed by atoms with E-state index in [1.54, 1.807) is 0 Å². The predicted molar refractivity (Wildman–Crippen MR) is 54.8 cm³/mol. The lowest BCUT2D eigenvalue weighted by molar-refractivity contribution is 0.321. The molecule has 0 saturated carbocycles. The van der Waals surface area contributed by atoms with Crippen LogP contribution in [0.2, 0.25) is 0 Å². The number of hydrogen-bond acceptors (Lipinski definition) is 3. The molecule has 2 rings (SSSR count). The minimum atomic E-state index is 0.646. The minimum Gasteiger partial charge on any atom is -0.411 e. The average Bonchev–Trinajstić information content (AvgIpc) is 2.44. The average molecular weight is 189 g/mol. The van der Waals surface area contributed by atoms with Crippen molar-refractivity contribution in [3.8, 4) is 0 Å². The first-order chi connectivity index (χ1) is 6.72. The molecule has 0 atom stereocenters. The zero-order valence-corrected chi connectivity index (χ0v) is 8.10. The molecule has 0 aliphatic rings. The third-order valence-electron chi connectivity index (χ3n) is 2.24. The third kappa shape index (κ3) is 1.25. The summed E-state index contributed by atoms with van der Waals surface area (Å²) >= 11 is 0. The summed E-state index contributed by atoms with van der Waals surface area (Å²) in [5.74, 6) is 0.646. The zero-order chi connectivity index (χ0) is 10.1. The number of nitrogens with zero attached hydrogens (tertiary/aromatic N) is 3. The number of imidazole rings is 1.